The molecule has 0 saturated heterocycles. The van der Waals surface area contributed by atoms with Gasteiger partial charge in [0.25, 0.3) is 17.6 Å². The van der Waals surface area contributed by atoms with E-state index in [1.54, 1.807) is 20.9 Å². The molecule has 1 heterocycles. The third-order valence-corrected chi connectivity index (χ3v) is 5.56. The van der Waals surface area contributed by atoms with Gasteiger partial charge in [0.05, 0.1) is 11.3 Å². The van der Waals surface area contributed by atoms with E-state index in [2.05, 4.69) is 10.6 Å². The summed E-state index contributed by atoms with van der Waals surface area (Å²) in [5.41, 5.74) is 1.78. The summed E-state index contributed by atoms with van der Waals surface area (Å²) < 4.78 is 14.6. The van der Waals surface area contributed by atoms with Crippen LogP contribution in [0.4, 0.5) is 10.1 Å². The molecule has 0 aliphatic heterocycles. The number of hydrogen-bond acceptors (Lipinski definition) is 4. The van der Waals surface area contributed by atoms with Crippen molar-refractivity contribution in [3.8, 4) is 0 Å². The molecule has 0 bridgehead atoms. The van der Waals surface area contributed by atoms with Gasteiger partial charge in [0.2, 0.25) is 0 Å². The molecule has 1 fully saturated rings. The highest BCUT2D eigenvalue weighted by Gasteiger charge is 2.30. The maximum atomic E-state index is 13.1. The molecule has 158 valence electrons. The minimum Gasteiger partial charge on any atom is -0.346 e. The number of nitrogens with one attached hydrogen (secondary N) is 2. The Hall–Kier alpha value is -3.29. The summed E-state index contributed by atoms with van der Waals surface area (Å²) in [6, 6.07) is 5.14. The van der Waals surface area contributed by atoms with Gasteiger partial charge in [-0.2, -0.15) is 0 Å². The highest BCUT2D eigenvalue weighted by molar-refractivity contribution is 6.43. The Morgan fingerprint density at radius 1 is 1.07 bits per heavy atom. The lowest BCUT2D eigenvalue weighted by molar-refractivity contribution is -0.122. The molecule has 0 atom stereocenters. The smallest absolute Gasteiger partial charge is 0.294 e. The number of anilines is 1. The van der Waals surface area contributed by atoms with Crippen molar-refractivity contribution >= 4 is 29.1 Å². The van der Waals surface area contributed by atoms with Crippen LogP contribution in [0.2, 0.25) is 0 Å². The Morgan fingerprint density at radius 2 is 1.67 bits per heavy atom. The molecule has 3 rings (SSSR count). The van der Waals surface area contributed by atoms with E-state index in [9.17, 15) is 23.6 Å². The SMILES string of the molecule is Cc1c(C(=O)Nc2ccc(F)cc2)c(C)n(C)c1C(=O)C(=O)NC1CCC(=O)CC1. The minimum atomic E-state index is -0.747. The van der Waals surface area contributed by atoms with E-state index < -0.39 is 23.4 Å². The molecule has 1 aromatic carbocycles. The van der Waals surface area contributed by atoms with Gasteiger partial charge in [-0.1, -0.05) is 0 Å². The van der Waals surface area contributed by atoms with Crippen LogP contribution >= 0.6 is 0 Å². The number of ketones is 2. The van der Waals surface area contributed by atoms with Gasteiger partial charge in [-0.3, -0.25) is 19.2 Å². The second kappa shape index (κ2) is 8.61. The number of halogens is 1. The van der Waals surface area contributed by atoms with E-state index in [-0.39, 0.29) is 17.5 Å². The third-order valence-electron chi connectivity index (χ3n) is 5.56. The van der Waals surface area contributed by atoms with Crippen molar-refractivity contribution in [3.05, 3.63) is 52.6 Å². The first-order valence-electron chi connectivity index (χ1n) is 9.78. The Bertz CT molecular complexity index is 1010. The van der Waals surface area contributed by atoms with Gasteiger partial charge in [0.15, 0.2) is 0 Å². The van der Waals surface area contributed by atoms with Crippen molar-refractivity contribution in [1.82, 2.24) is 9.88 Å². The molecule has 0 radical (unpaired) electrons. The average Bonchev–Trinajstić information content (AvgIpc) is 2.93. The van der Waals surface area contributed by atoms with Crippen LogP contribution in [-0.2, 0) is 16.6 Å². The fourth-order valence-corrected chi connectivity index (χ4v) is 3.80. The van der Waals surface area contributed by atoms with Crippen LogP contribution in [0.15, 0.2) is 24.3 Å². The maximum Gasteiger partial charge on any atom is 0.294 e. The van der Waals surface area contributed by atoms with E-state index in [4.69, 9.17) is 0 Å². The molecule has 2 aromatic rings. The molecular weight excluding hydrogens is 389 g/mol. The predicted octanol–water partition coefficient (Wildman–Crippen LogP) is 2.84. The van der Waals surface area contributed by atoms with Gasteiger partial charge in [-0.05, 0) is 56.5 Å². The summed E-state index contributed by atoms with van der Waals surface area (Å²) in [7, 11) is 1.62. The summed E-state index contributed by atoms with van der Waals surface area (Å²) in [5.74, 6) is -2.17. The summed E-state index contributed by atoms with van der Waals surface area (Å²) in [5, 5.41) is 5.39. The van der Waals surface area contributed by atoms with Crippen LogP contribution in [0.25, 0.3) is 0 Å². The molecule has 1 aliphatic rings. The Morgan fingerprint density at radius 3 is 2.27 bits per heavy atom. The highest BCUT2D eigenvalue weighted by atomic mass is 19.1. The second-order valence-electron chi connectivity index (χ2n) is 7.57. The minimum absolute atomic E-state index is 0.140. The number of Topliss-reactive ketones (excluding diaryl/α,β-unsaturated/α-hetero) is 2. The van der Waals surface area contributed by atoms with E-state index in [1.807, 2.05) is 0 Å². The van der Waals surface area contributed by atoms with Gasteiger partial charge < -0.3 is 15.2 Å². The molecule has 7 nitrogen and oxygen atoms in total. The lowest BCUT2D eigenvalue weighted by Gasteiger charge is -2.21. The summed E-state index contributed by atoms with van der Waals surface area (Å²) in [6.07, 6.45) is 1.84. The lowest BCUT2D eigenvalue weighted by Crippen LogP contribution is -2.42. The first-order valence-corrected chi connectivity index (χ1v) is 9.78. The number of amides is 2. The molecular formula is C22H24FN3O4. The van der Waals surface area contributed by atoms with Crippen LogP contribution in [0, 0.1) is 19.7 Å². The van der Waals surface area contributed by atoms with Crippen LogP contribution in [0.3, 0.4) is 0 Å². The van der Waals surface area contributed by atoms with Crippen LogP contribution in [-0.4, -0.2) is 34.0 Å². The van der Waals surface area contributed by atoms with Crippen molar-refractivity contribution in [3.63, 3.8) is 0 Å². The number of hydrogen-bond donors (Lipinski definition) is 2. The third kappa shape index (κ3) is 4.32. The van der Waals surface area contributed by atoms with E-state index in [0.717, 1.165) is 0 Å². The van der Waals surface area contributed by atoms with Crippen molar-refractivity contribution in [2.75, 3.05) is 5.32 Å². The van der Waals surface area contributed by atoms with Gasteiger partial charge in [-0.15, -0.1) is 0 Å². The molecule has 30 heavy (non-hydrogen) atoms. The first-order chi connectivity index (χ1) is 14.2. The standard InChI is InChI=1S/C22H24FN3O4/c1-12-18(21(29)24-15-6-4-14(23)5-7-15)13(2)26(3)19(12)20(28)22(30)25-16-8-10-17(27)11-9-16/h4-7,16H,8-11H2,1-3H3,(H,24,29)(H,25,30). The Balaban J connectivity index is 1.79. The summed E-state index contributed by atoms with van der Waals surface area (Å²) in [4.78, 5) is 49.5. The van der Waals surface area contributed by atoms with Crippen molar-refractivity contribution in [1.29, 1.82) is 0 Å². The fourth-order valence-electron chi connectivity index (χ4n) is 3.80. The second-order valence-corrected chi connectivity index (χ2v) is 7.57. The quantitative estimate of drug-likeness (QED) is 0.582. The highest BCUT2D eigenvalue weighted by Crippen LogP contribution is 2.24. The Labute approximate surface area is 173 Å². The zero-order valence-electron chi connectivity index (χ0n) is 17.2. The predicted molar refractivity (Wildman–Crippen MR) is 109 cm³/mol. The molecule has 1 saturated carbocycles. The van der Waals surface area contributed by atoms with Crippen molar-refractivity contribution in [2.45, 2.75) is 45.6 Å². The van der Waals surface area contributed by atoms with E-state index >= 15 is 0 Å². The van der Waals surface area contributed by atoms with E-state index in [1.165, 1.54) is 28.8 Å². The molecule has 0 unspecified atom stereocenters. The topological polar surface area (TPSA) is 97.3 Å². The molecule has 2 N–H and O–H groups in total. The summed E-state index contributed by atoms with van der Waals surface area (Å²) >= 11 is 0. The summed E-state index contributed by atoms with van der Waals surface area (Å²) in [6.45, 7) is 3.31. The number of carbonyl (C=O) groups is 4. The van der Waals surface area contributed by atoms with Crippen LogP contribution in [0.1, 0.15) is 57.8 Å². The molecule has 1 aliphatic carbocycles. The number of rotatable bonds is 5. The lowest BCUT2D eigenvalue weighted by atomic mass is 9.94. The van der Waals surface area contributed by atoms with E-state index in [0.29, 0.717) is 48.2 Å². The van der Waals surface area contributed by atoms with Crippen LogP contribution in [0.5, 0.6) is 0 Å². The molecule has 2 amide bonds. The van der Waals surface area contributed by atoms with Crippen molar-refractivity contribution < 1.29 is 23.6 Å². The van der Waals surface area contributed by atoms with Gasteiger partial charge in [0.1, 0.15) is 11.6 Å². The van der Waals surface area contributed by atoms with Crippen molar-refractivity contribution in [2.24, 2.45) is 7.05 Å². The van der Waals surface area contributed by atoms with Crippen LogP contribution < -0.4 is 10.6 Å². The first kappa shape index (κ1) is 21.4. The maximum absolute atomic E-state index is 13.1. The van der Waals surface area contributed by atoms with Gasteiger partial charge >= 0.3 is 0 Å². The largest absolute Gasteiger partial charge is 0.346 e. The zero-order valence-corrected chi connectivity index (χ0v) is 17.2. The molecule has 8 heteroatoms. The normalized spacial score (nSPS) is 14.5. The molecule has 0 spiro atoms. The zero-order chi connectivity index (χ0) is 22.0. The fraction of sp³-hybridized carbons (Fsp3) is 0.364. The Kier molecular flexibility index (Phi) is 6.14. The number of aromatic nitrogens is 1. The van der Waals surface area contributed by atoms with Gasteiger partial charge in [-0.25, -0.2) is 4.39 Å². The number of benzene rings is 1. The molecule has 1 aromatic heterocycles. The monoisotopic (exact) mass is 413 g/mol. The number of nitrogens with zero attached hydrogens (tertiary/aromatic N) is 1. The van der Waals surface area contributed by atoms with Gasteiger partial charge in [0, 0.05) is 37.3 Å². The average molecular weight is 413 g/mol. The number of carbonyl (C=O) groups excluding carboxylic acids is 4.